The summed E-state index contributed by atoms with van der Waals surface area (Å²) in [6.07, 6.45) is 0.288. The van der Waals surface area contributed by atoms with Gasteiger partial charge in [0.1, 0.15) is 11.6 Å². The zero-order chi connectivity index (χ0) is 20.9. The van der Waals surface area contributed by atoms with Gasteiger partial charge in [-0.15, -0.1) is 0 Å². The van der Waals surface area contributed by atoms with Crippen LogP contribution in [0, 0.1) is 5.82 Å². The minimum atomic E-state index is -3.73. The molecule has 0 saturated carbocycles. The van der Waals surface area contributed by atoms with Crippen molar-refractivity contribution in [3.63, 3.8) is 0 Å². The Bertz CT molecular complexity index is 1080. The third kappa shape index (κ3) is 6.10. The van der Waals surface area contributed by atoms with Crippen LogP contribution in [-0.2, 0) is 33.4 Å². The molecule has 0 bridgehead atoms. The van der Waals surface area contributed by atoms with Crippen molar-refractivity contribution in [2.24, 2.45) is 0 Å². The summed E-state index contributed by atoms with van der Waals surface area (Å²) in [6, 6.07) is 11.6. The van der Waals surface area contributed by atoms with Crippen LogP contribution in [0.1, 0.15) is 23.7 Å². The number of sulfone groups is 1. The molecule has 10 heteroatoms. The van der Waals surface area contributed by atoms with Crippen molar-refractivity contribution < 1.29 is 22.1 Å². The lowest BCUT2D eigenvalue weighted by Gasteiger charge is -2.04. The van der Waals surface area contributed by atoms with Crippen molar-refractivity contribution in [1.82, 2.24) is 15.5 Å². The lowest BCUT2D eigenvalue weighted by molar-refractivity contribution is -0.121. The molecule has 152 valence electrons. The Morgan fingerprint density at radius 1 is 1.10 bits per heavy atom. The fourth-order valence-corrected chi connectivity index (χ4v) is 3.76. The molecule has 3 aromatic rings. The quantitative estimate of drug-likeness (QED) is 0.543. The Morgan fingerprint density at radius 3 is 2.48 bits per heavy atom. The van der Waals surface area contributed by atoms with Crippen LogP contribution in [-0.4, -0.2) is 24.5 Å². The van der Waals surface area contributed by atoms with E-state index in [-0.39, 0.29) is 35.4 Å². The molecule has 0 aliphatic heterocycles. The first-order valence-electron chi connectivity index (χ1n) is 8.63. The van der Waals surface area contributed by atoms with Crippen LogP contribution in [0.2, 0.25) is 5.02 Å². The molecule has 0 unspecified atom stereocenters. The molecule has 29 heavy (non-hydrogen) atoms. The predicted octanol–water partition coefficient (Wildman–Crippen LogP) is 3.09. The minimum absolute atomic E-state index is 0.0223. The maximum Gasteiger partial charge on any atom is 0.227 e. The summed E-state index contributed by atoms with van der Waals surface area (Å²) in [5, 5.41) is 7.02. The van der Waals surface area contributed by atoms with Gasteiger partial charge >= 0.3 is 0 Å². The lowest BCUT2D eigenvalue weighted by Crippen LogP contribution is -2.23. The molecule has 0 aliphatic rings. The van der Waals surface area contributed by atoms with Crippen LogP contribution >= 0.6 is 11.6 Å². The Labute approximate surface area is 171 Å². The first kappa shape index (κ1) is 20.9. The first-order valence-corrected chi connectivity index (χ1v) is 10.7. The number of hydrogen-bond acceptors (Lipinski definition) is 6. The second-order valence-electron chi connectivity index (χ2n) is 6.22. The van der Waals surface area contributed by atoms with Gasteiger partial charge in [-0.3, -0.25) is 4.79 Å². The van der Waals surface area contributed by atoms with E-state index in [0.29, 0.717) is 11.6 Å². The first-order chi connectivity index (χ1) is 13.8. The fourth-order valence-electron chi connectivity index (χ4n) is 2.46. The molecule has 0 aliphatic carbocycles. The van der Waals surface area contributed by atoms with Gasteiger partial charge in [0.05, 0.1) is 4.90 Å². The molecular formula is C19H17ClFN3O4S. The molecule has 0 spiro atoms. The Hall–Kier alpha value is -2.78. The number of benzene rings is 2. The van der Waals surface area contributed by atoms with Crippen molar-refractivity contribution in [1.29, 1.82) is 0 Å². The number of nitrogens with zero attached hydrogens (tertiary/aromatic N) is 2. The number of aromatic nitrogens is 2. The summed E-state index contributed by atoms with van der Waals surface area (Å²) in [7, 11) is -3.73. The summed E-state index contributed by atoms with van der Waals surface area (Å²) in [4.78, 5) is 15.9. The van der Waals surface area contributed by atoms with Crippen LogP contribution in [0.5, 0.6) is 0 Å². The highest BCUT2D eigenvalue weighted by atomic mass is 35.5. The number of aryl methyl sites for hydroxylation is 1. The van der Waals surface area contributed by atoms with E-state index in [1.807, 2.05) is 12.1 Å². The van der Waals surface area contributed by atoms with E-state index >= 15 is 0 Å². The van der Waals surface area contributed by atoms with Gasteiger partial charge in [0.15, 0.2) is 15.7 Å². The minimum Gasteiger partial charge on any atom is -0.352 e. The van der Waals surface area contributed by atoms with E-state index in [1.54, 1.807) is 12.1 Å². The zero-order valence-corrected chi connectivity index (χ0v) is 16.7. The molecule has 0 radical (unpaired) electrons. The lowest BCUT2D eigenvalue weighted by atomic mass is 10.2. The van der Waals surface area contributed by atoms with Crippen molar-refractivity contribution in [2.45, 2.75) is 30.0 Å². The van der Waals surface area contributed by atoms with Gasteiger partial charge in [0, 0.05) is 24.4 Å². The maximum absolute atomic E-state index is 12.9. The second kappa shape index (κ2) is 9.15. The zero-order valence-electron chi connectivity index (χ0n) is 15.1. The van der Waals surface area contributed by atoms with Crippen molar-refractivity contribution >= 4 is 27.3 Å². The number of nitrogens with one attached hydrogen (secondary N) is 1. The molecule has 0 fully saturated rings. The summed E-state index contributed by atoms with van der Waals surface area (Å²) in [5.41, 5.74) is 0.911. The standard InChI is InChI=1S/C19H17ClFN3O4S/c20-14-3-1-13(2-4-14)11-22-18(25)9-10-19-23-17(24-28-19)12-29(26,27)16-7-5-15(21)6-8-16/h1-8H,9-12H2,(H,22,25). The number of carbonyl (C=O) groups is 1. The average molecular weight is 438 g/mol. The summed E-state index contributed by atoms with van der Waals surface area (Å²) < 4.78 is 42.6. The summed E-state index contributed by atoms with van der Waals surface area (Å²) in [6.45, 7) is 0.362. The Morgan fingerprint density at radius 2 is 1.79 bits per heavy atom. The molecule has 0 saturated heterocycles. The predicted molar refractivity (Wildman–Crippen MR) is 103 cm³/mol. The third-order valence-electron chi connectivity index (χ3n) is 3.97. The van der Waals surface area contributed by atoms with Gasteiger partial charge < -0.3 is 9.84 Å². The van der Waals surface area contributed by atoms with Crippen LogP contribution in [0.3, 0.4) is 0 Å². The number of rotatable bonds is 8. The van der Waals surface area contributed by atoms with Crippen LogP contribution in [0.25, 0.3) is 0 Å². The van der Waals surface area contributed by atoms with E-state index in [0.717, 1.165) is 17.7 Å². The molecule has 1 amide bonds. The van der Waals surface area contributed by atoms with Gasteiger partial charge in [-0.2, -0.15) is 4.98 Å². The largest absolute Gasteiger partial charge is 0.352 e. The average Bonchev–Trinajstić information content (AvgIpc) is 3.13. The monoisotopic (exact) mass is 437 g/mol. The van der Waals surface area contributed by atoms with E-state index in [9.17, 15) is 17.6 Å². The summed E-state index contributed by atoms with van der Waals surface area (Å²) >= 11 is 5.81. The molecule has 7 nitrogen and oxygen atoms in total. The van der Waals surface area contributed by atoms with Crippen molar-refractivity contribution in [3.8, 4) is 0 Å². The fraction of sp³-hybridized carbons (Fsp3) is 0.211. The molecular weight excluding hydrogens is 421 g/mol. The molecule has 0 atom stereocenters. The second-order valence-corrected chi connectivity index (χ2v) is 8.65. The molecule has 3 rings (SSSR count). The molecule has 1 N–H and O–H groups in total. The van der Waals surface area contributed by atoms with E-state index < -0.39 is 21.4 Å². The molecule has 1 aromatic heterocycles. The van der Waals surface area contributed by atoms with Gasteiger partial charge in [-0.1, -0.05) is 28.9 Å². The van der Waals surface area contributed by atoms with Crippen molar-refractivity contribution in [3.05, 3.63) is 76.6 Å². The highest BCUT2D eigenvalue weighted by Gasteiger charge is 2.19. The van der Waals surface area contributed by atoms with Crippen LogP contribution in [0.4, 0.5) is 4.39 Å². The number of carbonyl (C=O) groups excluding carboxylic acids is 1. The maximum atomic E-state index is 12.9. The van der Waals surface area contributed by atoms with Gasteiger partial charge in [0.2, 0.25) is 11.8 Å². The highest BCUT2D eigenvalue weighted by Crippen LogP contribution is 2.16. The SMILES string of the molecule is O=C(CCc1nc(CS(=O)(=O)c2ccc(F)cc2)no1)NCc1ccc(Cl)cc1. The number of halogens is 2. The van der Waals surface area contributed by atoms with E-state index in [2.05, 4.69) is 15.5 Å². The normalized spacial score (nSPS) is 11.4. The summed E-state index contributed by atoms with van der Waals surface area (Å²) in [5.74, 6) is -1.08. The smallest absolute Gasteiger partial charge is 0.227 e. The molecule has 2 aromatic carbocycles. The highest BCUT2D eigenvalue weighted by molar-refractivity contribution is 7.90. The number of hydrogen-bond donors (Lipinski definition) is 1. The topological polar surface area (TPSA) is 102 Å². The van der Waals surface area contributed by atoms with E-state index in [1.165, 1.54) is 12.1 Å². The van der Waals surface area contributed by atoms with Gasteiger partial charge in [-0.25, -0.2) is 12.8 Å². The van der Waals surface area contributed by atoms with Crippen molar-refractivity contribution in [2.75, 3.05) is 0 Å². The Kier molecular flexibility index (Phi) is 6.60. The molecule has 1 heterocycles. The third-order valence-corrected chi connectivity index (χ3v) is 5.85. The number of amides is 1. The van der Waals surface area contributed by atoms with Crippen LogP contribution in [0.15, 0.2) is 57.9 Å². The Balaban J connectivity index is 1.50. The van der Waals surface area contributed by atoms with Crippen LogP contribution < -0.4 is 5.32 Å². The van der Waals surface area contributed by atoms with E-state index in [4.69, 9.17) is 16.1 Å². The van der Waals surface area contributed by atoms with Gasteiger partial charge in [0.25, 0.3) is 0 Å². The van der Waals surface area contributed by atoms with Gasteiger partial charge in [-0.05, 0) is 42.0 Å².